The second-order valence-electron chi connectivity index (χ2n) is 10.4. The highest BCUT2D eigenvalue weighted by molar-refractivity contribution is 5.82. The Bertz CT molecular complexity index is 1060. The zero-order valence-electron chi connectivity index (χ0n) is 20.2. The summed E-state index contributed by atoms with van der Waals surface area (Å²) in [5.74, 6) is 0.461. The lowest BCUT2D eigenvalue weighted by atomic mass is 9.63. The van der Waals surface area contributed by atoms with Crippen LogP contribution in [0.5, 0.6) is 5.75 Å². The number of carbonyl (C=O) groups is 1. The molecule has 0 saturated carbocycles. The quantitative estimate of drug-likeness (QED) is 0.703. The van der Waals surface area contributed by atoms with Crippen molar-refractivity contribution in [3.63, 3.8) is 0 Å². The highest BCUT2D eigenvalue weighted by atomic mass is 19.4. The molecule has 1 amide bonds. The van der Waals surface area contributed by atoms with E-state index in [1.165, 1.54) is 0 Å². The number of fused-ring (bicyclic) bond motifs is 2. The van der Waals surface area contributed by atoms with Crippen LogP contribution in [0.1, 0.15) is 54.7 Å². The van der Waals surface area contributed by atoms with Crippen molar-refractivity contribution in [2.45, 2.75) is 62.1 Å². The number of methoxy groups -OCH3 is 1. The maximum atomic E-state index is 14.1. The van der Waals surface area contributed by atoms with E-state index in [0.29, 0.717) is 25.9 Å². The fraction of sp³-hybridized carbons (Fsp3) is 0.536. The molecule has 2 saturated heterocycles. The molecule has 2 N–H and O–H groups in total. The molecule has 7 heteroatoms. The first-order chi connectivity index (χ1) is 16.8. The van der Waals surface area contributed by atoms with E-state index in [2.05, 4.69) is 11.4 Å². The van der Waals surface area contributed by atoms with Crippen molar-refractivity contribution in [2.75, 3.05) is 26.7 Å². The van der Waals surface area contributed by atoms with Crippen molar-refractivity contribution < 1.29 is 28.0 Å². The minimum absolute atomic E-state index is 0.0383. The number of benzene rings is 2. The molecule has 0 unspecified atom stereocenters. The van der Waals surface area contributed by atoms with Crippen LogP contribution in [0.4, 0.5) is 13.2 Å². The maximum absolute atomic E-state index is 14.1. The largest absolute Gasteiger partial charge is 0.496 e. The van der Waals surface area contributed by atoms with Crippen LogP contribution < -0.4 is 10.1 Å². The standard InChI is InChI=1S/C28H33F3N2O2/c1-35-25-11-5-10-23-22(25)9-6-13-27(23)18-32-17-24(27)26(34)33-14-12-20(19-7-3-2-4-8-19)15-21(33)16-28(29,30)31/h2-5,7-8,10-11,20-21,24,32H,6,9,12-18H2,1H3/p+1/t20-,21+,24+,27+/m1/s1. The summed E-state index contributed by atoms with van der Waals surface area (Å²) in [4.78, 5) is 15.7. The number of piperidine rings is 1. The number of nitrogens with zero attached hydrogens (tertiary/aromatic N) is 1. The van der Waals surface area contributed by atoms with Gasteiger partial charge in [0.15, 0.2) is 0 Å². The molecule has 0 bridgehead atoms. The number of rotatable bonds is 4. The minimum atomic E-state index is -4.31. The van der Waals surface area contributed by atoms with Gasteiger partial charge in [-0.3, -0.25) is 4.79 Å². The molecule has 1 spiro atoms. The lowest BCUT2D eigenvalue weighted by Gasteiger charge is -2.44. The number of quaternary nitrogens is 1. The SMILES string of the molecule is COc1cccc2c1CCC[C@]21C[NH2+]C[C@H]1C(=O)N1CC[C@@H](c2ccccc2)C[C@H]1CC(F)(F)F. The average molecular weight is 488 g/mol. The number of nitrogens with two attached hydrogens (primary N) is 1. The maximum Gasteiger partial charge on any atom is 0.391 e. The van der Waals surface area contributed by atoms with E-state index in [1.807, 2.05) is 42.5 Å². The Morgan fingerprint density at radius 3 is 2.71 bits per heavy atom. The second-order valence-corrected chi connectivity index (χ2v) is 10.4. The first-order valence-electron chi connectivity index (χ1n) is 12.7. The van der Waals surface area contributed by atoms with Gasteiger partial charge in [-0.25, -0.2) is 0 Å². The molecule has 5 rings (SSSR count). The predicted octanol–water partition coefficient (Wildman–Crippen LogP) is 4.19. The Morgan fingerprint density at radius 2 is 1.97 bits per heavy atom. The second kappa shape index (κ2) is 9.49. The van der Waals surface area contributed by atoms with Gasteiger partial charge in [-0.15, -0.1) is 0 Å². The van der Waals surface area contributed by atoms with Gasteiger partial charge in [-0.1, -0.05) is 42.5 Å². The van der Waals surface area contributed by atoms with E-state index < -0.39 is 18.6 Å². The Balaban J connectivity index is 1.45. The van der Waals surface area contributed by atoms with Crippen LogP contribution in [0, 0.1) is 5.92 Å². The van der Waals surface area contributed by atoms with Gasteiger partial charge in [0.1, 0.15) is 11.7 Å². The molecular weight excluding hydrogens is 453 g/mol. The zero-order chi connectivity index (χ0) is 24.6. The molecule has 3 aliphatic rings. The summed E-state index contributed by atoms with van der Waals surface area (Å²) >= 11 is 0. The summed E-state index contributed by atoms with van der Waals surface area (Å²) in [5.41, 5.74) is 3.02. The van der Waals surface area contributed by atoms with Crippen molar-refractivity contribution >= 4 is 5.91 Å². The van der Waals surface area contributed by atoms with Crippen LogP contribution in [0.2, 0.25) is 0 Å². The summed E-state index contributed by atoms with van der Waals surface area (Å²) in [6.45, 7) is 1.78. The molecule has 35 heavy (non-hydrogen) atoms. The molecule has 1 aliphatic carbocycles. The zero-order valence-corrected chi connectivity index (χ0v) is 20.2. The molecule has 2 aliphatic heterocycles. The highest BCUT2D eigenvalue weighted by Crippen LogP contribution is 2.47. The van der Waals surface area contributed by atoms with Crippen molar-refractivity contribution in [2.24, 2.45) is 5.92 Å². The average Bonchev–Trinajstić information content (AvgIpc) is 3.27. The molecule has 0 aromatic heterocycles. The molecular formula is C28H34F3N2O2+. The van der Waals surface area contributed by atoms with Gasteiger partial charge in [0, 0.05) is 12.6 Å². The van der Waals surface area contributed by atoms with Gasteiger partial charge in [0.2, 0.25) is 5.91 Å². The van der Waals surface area contributed by atoms with E-state index in [-0.39, 0.29) is 23.2 Å². The Hall–Kier alpha value is -2.54. The lowest BCUT2D eigenvalue weighted by molar-refractivity contribution is -0.640. The molecule has 188 valence electrons. The van der Waals surface area contributed by atoms with Gasteiger partial charge in [-0.2, -0.15) is 13.2 Å². The normalized spacial score (nSPS) is 28.7. The molecule has 2 heterocycles. The van der Waals surface area contributed by atoms with Crippen LogP contribution in [0.3, 0.4) is 0 Å². The fourth-order valence-electron chi connectivity index (χ4n) is 7.01. The summed E-state index contributed by atoms with van der Waals surface area (Å²) in [6.07, 6.45) is -1.48. The van der Waals surface area contributed by atoms with E-state index in [0.717, 1.165) is 48.2 Å². The number of hydrogen-bond donors (Lipinski definition) is 1. The Morgan fingerprint density at radius 1 is 1.17 bits per heavy atom. The van der Waals surface area contributed by atoms with Gasteiger partial charge in [0.25, 0.3) is 0 Å². The third-order valence-corrected chi connectivity index (χ3v) is 8.55. The van der Waals surface area contributed by atoms with E-state index in [4.69, 9.17) is 4.74 Å². The number of carbonyl (C=O) groups excluding carboxylic acids is 1. The molecule has 2 aromatic rings. The van der Waals surface area contributed by atoms with Gasteiger partial charge < -0.3 is 15.0 Å². The predicted molar refractivity (Wildman–Crippen MR) is 127 cm³/mol. The summed E-state index contributed by atoms with van der Waals surface area (Å²) in [5, 5.41) is 2.17. The summed E-state index contributed by atoms with van der Waals surface area (Å²) < 4.78 is 46.6. The smallest absolute Gasteiger partial charge is 0.391 e. The fourth-order valence-corrected chi connectivity index (χ4v) is 7.01. The van der Waals surface area contributed by atoms with Crippen LogP contribution in [0.15, 0.2) is 48.5 Å². The van der Waals surface area contributed by atoms with E-state index in [9.17, 15) is 18.0 Å². The Kier molecular flexibility index (Phi) is 6.55. The molecule has 0 radical (unpaired) electrons. The van der Waals surface area contributed by atoms with Crippen molar-refractivity contribution in [3.8, 4) is 5.75 Å². The van der Waals surface area contributed by atoms with Gasteiger partial charge in [0.05, 0.1) is 32.0 Å². The third kappa shape index (κ3) is 4.55. The van der Waals surface area contributed by atoms with Crippen molar-refractivity contribution in [1.29, 1.82) is 0 Å². The Labute approximate surface area is 204 Å². The first kappa shape index (κ1) is 24.2. The van der Waals surface area contributed by atoms with Crippen LogP contribution in [-0.4, -0.2) is 49.8 Å². The lowest BCUT2D eigenvalue weighted by Crippen LogP contribution is -2.82. The van der Waals surface area contributed by atoms with E-state index >= 15 is 0 Å². The first-order valence-corrected chi connectivity index (χ1v) is 12.7. The van der Waals surface area contributed by atoms with Crippen LogP contribution >= 0.6 is 0 Å². The van der Waals surface area contributed by atoms with Crippen molar-refractivity contribution in [1.82, 2.24) is 4.90 Å². The van der Waals surface area contributed by atoms with Gasteiger partial charge >= 0.3 is 6.18 Å². The minimum Gasteiger partial charge on any atom is -0.496 e. The number of amides is 1. The van der Waals surface area contributed by atoms with Crippen LogP contribution in [0.25, 0.3) is 0 Å². The number of likely N-dealkylation sites (tertiary alicyclic amines) is 1. The number of alkyl halides is 3. The number of halogens is 3. The van der Waals surface area contributed by atoms with Gasteiger partial charge in [-0.05, 0) is 60.8 Å². The number of ether oxygens (including phenoxy) is 1. The molecule has 4 nitrogen and oxygen atoms in total. The van der Waals surface area contributed by atoms with E-state index in [1.54, 1.807) is 12.0 Å². The molecule has 4 atom stereocenters. The van der Waals surface area contributed by atoms with Crippen molar-refractivity contribution in [3.05, 3.63) is 65.2 Å². The molecule has 2 fully saturated rings. The monoisotopic (exact) mass is 487 g/mol. The topological polar surface area (TPSA) is 46.1 Å². The van der Waals surface area contributed by atoms with Crippen LogP contribution in [-0.2, 0) is 16.6 Å². The summed E-state index contributed by atoms with van der Waals surface area (Å²) in [7, 11) is 1.67. The third-order valence-electron chi connectivity index (χ3n) is 8.55. The summed E-state index contributed by atoms with van der Waals surface area (Å²) in [6, 6.07) is 15.0. The number of hydrogen-bond acceptors (Lipinski definition) is 2. The highest BCUT2D eigenvalue weighted by Gasteiger charge is 2.55. The molecule has 2 aromatic carbocycles.